The zero-order chi connectivity index (χ0) is 12.0. The van der Waals surface area contributed by atoms with Crippen molar-refractivity contribution < 1.29 is 9.47 Å². The molecule has 2 unspecified atom stereocenters. The second-order valence-corrected chi connectivity index (χ2v) is 5.05. The molecular weight excluding hydrogens is 202 g/mol. The first-order valence-electron chi connectivity index (χ1n) is 6.57. The average molecular weight is 229 g/mol. The standard InChI is InChI=1S/C13H27NO2/c1-5-14-12(13(3,4)16-6-2)11-8-7-9-15-10-11/h11-12,14H,5-10H2,1-4H3. The monoisotopic (exact) mass is 229 g/mol. The van der Waals surface area contributed by atoms with Crippen LogP contribution in [0.4, 0.5) is 0 Å². The van der Waals surface area contributed by atoms with Crippen LogP contribution < -0.4 is 5.32 Å². The highest BCUT2D eigenvalue weighted by atomic mass is 16.5. The minimum atomic E-state index is -0.115. The quantitative estimate of drug-likeness (QED) is 0.757. The fourth-order valence-corrected chi connectivity index (χ4v) is 2.69. The highest BCUT2D eigenvalue weighted by molar-refractivity contribution is 4.91. The Hall–Kier alpha value is -0.120. The molecule has 0 radical (unpaired) electrons. The van der Waals surface area contributed by atoms with Crippen molar-refractivity contribution in [3.63, 3.8) is 0 Å². The Balaban J connectivity index is 2.63. The van der Waals surface area contributed by atoms with E-state index >= 15 is 0 Å². The van der Waals surface area contributed by atoms with Gasteiger partial charge in [-0.1, -0.05) is 6.92 Å². The van der Waals surface area contributed by atoms with E-state index in [1.165, 1.54) is 12.8 Å². The van der Waals surface area contributed by atoms with Crippen molar-refractivity contribution in [3.05, 3.63) is 0 Å². The lowest BCUT2D eigenvalue weighted by Crippen LogP contribution is -2.54. The molecule has 0 amide bonds. The maximum absolute atomic E-state index is 5.88. The predicted octanol–water partition coefficient (Wildman–Crippen LogP) is 2.21. The second kappa shape index (κ2) is 6.58. The Labute approximate surface area is 99.9 Å². The van der Waals surface area contributed by atoms with Gasteiger partial charge in [0.2, 0.25) is 0 Å². The molecule has 1 rings (SSSR count). The summed E-state index contributed by atoms with van der Waals surface area (Å²) < 4.78 is 11.5. The molecule has 1 saturated heterocycles. The van der Waals surface area contributed by atoms with Crippen molar-refractivity contribution in [2.24, 2.45) is 5.92 Å². The van der Waals surface area contributed by atoms with Gasteiger partial charge in [0.1, 0.15) is 0 Å². The van der Waals surface area contributed by atoms with E-state index in [0.717, 1.165) is 26.4 Å². The Morgan fingerprint density at radius 1 is 1.44 bits per heavy atom. The summed E-state index contributed by atoms with van der Waals surface area (Å²) >= 11 is 0. The van der Waals surface area contributed by atoms with E-state index in [-0.39, 0.29) is 5.60 Å². The normalized spacial score (nSPS) is 24.4. The van der Waals surface area contributed by atoms with Gasteiger partial charge in [-0.3, -0.25) is 0 Å². The summed E-state index contributed by atoms with van der Waals surface area (Å²) in [6.07, 6.45) is 2.42. The number of ether oxygens (including phenoxy) is 2. The van der Waals surface area contributed by atoms with Crippen molar-refractivity contribution >= 4 is 0 Å². The Kier molecular flexibility index (Phi) is 5.73. The molecule has 1 aliphatic heterocycles. The van der Waals surface area contributed by atoms with Crippen LogP contribution in [0.2, 0.25) is 0 Å². The van der Waals surface area contributed by atoms with Gasteiger partial charge in [0, 0.05) is 25.2 Å². The fourth-order valence-electron chi connectivity index (χ4n) is 2.69. The van der Waals surface area contributed by atoms with E-state index < -0.39 is 0 Å². The van der Waals surface area contributed by atoms with Crippen LogP contribution in [-0.2, 0) is 9.47 Å². The Bertz CT molecular complexity index is 188. The van der Waals surface area contributed by atoms with Gasteiger partial charge in [-0.05, 0) is 40.2 Å². The molecule has 0 saturated carbocycles. The number of hydrogen-bond donors (Lipinski definition) is 1. The predicted molar refractivity (Wildman–Crippen MR) is 66.7 cm³/mol. The molecule has 0 aromatic heterocycles. The smallest absolute Gasteiger partial charge is 0.0782 e. The van der Waals surface area contributed by atoms with Crippen molar-refractivity contribution in [2.45, 2.75) is 52.2 Å². The lowest BCUT2D eigenvalue weighted by molar-refractivity contribution is -0.0738. The van der Waals surface area contributed by atoms with Crippen LogP contribution in [-0.4, -0.2) is 38.0 Å². The highest BCUT2D eigenvalue weighted by Crippen LogP contribution is 2.27. The summed E-state index contributed by atoms with van der Waals surface area (Å²) in [6.45, 7) is 12.1. The number of hydrogen-bond acceptors (Lipinski definition) is 3. The second-order valence-electron chi connectivity index (χ2n) is 5.05. The lowest BCUT2D eigenvalue weighted by atomic mass is 9.83. The van der Waals surface area contributed by atoms with Gasteiger partial charge in [0.25, 0.3) is 0 Å². The van der Waals surface area contributed by atoms with E-state index in [2.05, 4.69) is 33.0 Å². The molecule has 1 fully saturated rings. The molecule has 1 heterocycles. The Morgan fingerprint density at radius 3 is 2.69 bits per heavy atom. The molecular formula is C13H27NO2. The van der Waals surface area contributed by atoms with Gasteiger partial charge in [-0.15, -0.1) is 0 Å². The molecule has 3 nitrogen and oxygen atoms in total. The van der Waals surface area contributed by atoms with E-state index in [4.69, 9.17) is 9.47 Å². The van der Waals surface area contributed by atoms with Crippen molar-refractivity contribution in [2.75, 3.05) is 26.4 Å². The summed E-state index contributed by atoms with van der Waals surface area (Å²) in [5.41, 5.74) is -0.115. The zero-order valence-electron chi connectivity index (χ0n) is 11.2. The third-order valence-corrected chi connectivity index (χ3v) is 3.36. The van der Waals surface area contributed by atoms with Gasteiger partial charge in [0.15, 0.2) is 0 Å². The number of rotatable bonds is 6. The maximum Gasteiger partial charge on any atom is 0.0782 e. The first kappa shape index (κ1) is 13.9. The van der Waals surface area contributed by atoms with Crippen molar-refractivity contribution in [3.8, 4) is 0 Å². The molecule has 0 aromatic carbocycles. The summed E-state index contributed by atoms with van der Waals surface area (Å²) in [5, 5.41) is 3.57. The van der Waals surface area contributed by atoms with Gasteiger partial charge in [0.05, 0.1) is 12.2 Å². The molecule has 0 aliphatic carbocycles. The van der Waals surface area contributed by atoms with E-state index in [9.17, 15) is 0 Å². The van der Waals surface area contributed by atoms with Gasteiger partial charge < -0.3 is 14.8 Å². The molecule has 0 spiro atoms. The molecule has 3 heteroatoms. The summed E-state index contributed by atoms with van der Waals surface area (Å²) in [5.74, 6) is 0.579. The molecule has 0 bridgehead atoms. The van der Waals surface area contributed by atoms with Crippen molar-refractivity contribution in [1.29, 1.82) is 0 Å². The Morgan fingerprint density at radius 2 is 2.19 bits per heavy atom. The first-order valence-corrected chi connectivity index (χ1v) is 6.57. The molecule has 2 atom stereocenters. The van der Waals surface area contributed by atoms with E-state index in [1.54, 1.807) is 0 Å². The van der Waals surface area contributed by atoms with Gasteiger partial charge in [-0.25, -0.2) is 0 Å². The minimum absolute atomic E-state index is 0.115. The van der Waals surface area contributed by atoms with Crippen LogP contribution in [0, 0.1) is 5.92 Å². The van der Waals surface area contributed by atoms with Crippen LogP contribution in [0.15, 0.2) is 0 Å². The topological polar surface area (TPSA) is 30.5 Å². The third kappa shape index (κ3) is 3.72. The first-order chi connectivity index (χ1) is 7.61. The SMILES string of the molecule is CCNC(C1CCCOC1)C(C)(C)OCC. The average Bonchev–Trinajstić information content (AvgIpc) is 2.27. The van der Waals surface area contributed by atoms with E-state index in [1.807, 2.05) is 0 Å². The van der Waals surface area contributed by atoms with Crippen LogP contribution in [0.25, 0.3) is 0 Å². The molecule has 1 aliphatic rings. The maximum atomic E-state index is 5.88. The lowest BCUT2D eigenvalue weighted by Gasteiger charge is -2.41. The van der Waals surface area contributed by atoms with Crippen LogP contribution in [0.1, 0.15) is 40.5 Å². The number of nitrogens with one attached hydrogen (secondary N) is 1. The third-order valence-electron chi connectivity index (χ3n) is 3.36. The molecule has 96 valence electrons. The fraction of sp³-hybridized carbons (Fsp3) is 1.00. The van der Waals surface area contributed by atoms with Gasteiger partial charge >= 0.3 is 0 Å². The summed E-state index contributed by atoms with van der Waals surface area (Å²) in [4.78, 5) is 0. The largest absolute Gasteiger partial charge is 0.381 e. The number of likely N-dealkylation sites (N-methyl/N-ethyl adjacent to an activating group) is 1. The summed E-state index contributed by atoms with van der Waals surface area (Å²) in [6, 6.07) is 0.387. The van der Waals surface area contributed by atoms with Crippen LogP contribution >= 0.6 is 0 Å². The summed E-state index contributed by atoms with van der Waals surface area (Å²) in [7, 11) is 0. The highest BCUT2D eigenvalue weighted by Gasteiger charge is 2.36. The molecule has 1 N–H and O–H groups in total. The van der Waals surface area contributed by atoms with Gasteiger partial charge in [-0.2, -0.15) is 0 Å². The molecule has 16 heavy (non-hydrogen) atoms. The van der Waals surface area contributed by atoms with E-state index in [0.29, 0.717) is 12.0 Å². The zero-order valence-corrected chi connectivity index (χ0v) is 11.2. The molecule has 0 aromatic rings. The van der Waals surface area contributed by atoms with Crippen LogP contribution in [0.5, 0.6) is 0 Å². The van der Waals surface area contributed by atoms with Crippen LogP contribution in [0.3, 0.4) is 0 Å². The van der Waals surface area contributed by atoms with Crippen molar-refractivity contribution in [1.82, 2.24) is 5.32 Å². The minimum Gasteiger partial charge on any atom is -0.381 e.